The Labute approximate surface area is 178 Å². The molecule has 0 spiro atoms. The molecule has 0 fully saturated rings. The van der Waals surface area contributed by atoms with E-state index < -0.39 is 20.2 Å². The summed E-state index contributed by atoms with van der Waals surface area (Å²) in [5.74, 6) is -0.164. The van der Waals surface area contributed by atoms with Gasteiger partial charge in [0.1, 0.15) is 6.29 Å². The van der Waals surface area contributed by atoms with E-state index in [9.17, 15) is 23.3 Å². The summed E-state index contributed by atoms with van der Waals surface area (Å²) in [6, 6.07) is 13.1. The van der Waals surface area contributed by atoms with Crippen molar-refractivity contribution in [2.45, 2.75) is 57.3 Å². The number of hydrogen-bond donors (Lipinski definition) is 0. The molecular formula is C23H29NO5S. The lowest BCUT2D eigenvalue weighted by Crippen LogP contribution is -2.26. The molecular weight excluding hydrogens is 402 g/mol. The number of carbonyl (C=O) groups is 1. The molecule has 2 aromatic carbocycles. The molecule has 1 atom stereocenters. The molecule has 0 N–H and O–H groups in total. The first-order valence-corrected chi connectivity index (χ1v) is 11.9. The van der Waals surface area contributed by atoms with Gasteiger partial charge in [-0.15, -0.1) is 0 Å². The first kappa shape index (κ1) is 23.7. The van der Waals surface area contributed by atoms with E-state index in [4.69, 9.17) is 0 Å². The SMILES string of the molecule is CCCCC(C=O)(CC)CCS(=O)(=O)c1ccc([N+](=O)[O-])cc1Cc1ccccc1. The second-order valence-electron chi connectivity index (χ2n) is 7.72. The molecule has 7 heteroatoms. The van der Waals surface area contributed by atoms with Crippen LogP contribution < -0.4 is 0 Å². The number of rotatable bonds is 12. The second-order valence-corrected chi connectivity index (χ2v) is 9.80. The number of nitrogens with zero attached hydrogens (tertiary/aromatic N) is 1. The van der Waals surface area contributed by atoms with Crippen molar-refractivity contribution in [3.8, 4) is 0 Å². The van der Waals surface area contributed by atoms with Gasteiger partial charge in [-0.05, 0) is 42.9 Å². The molecule has 0 saturated heterocycles. The van der Waals surface area contributed by atoms with Crippen molar-refractivity contribution in [3.63, 3.8) is 0 Å². The van der Waals surface area contributed by atoms with Crippen LogP contribution in [0, 0.1) is 15.5 Å². The predicted molar refractivity (Wildman–Crippen MR) is 117 cm³/mol. The maximum Gasteiger partial charge on any atom is 0.269 e. The normalized spacial score (nSPS) is 13.5. The third-order valence-corrected chi connectivity index (χ3v) is 7.49. The van der Waals surface area contributed by atoms with Crippen LogP contribution in [0.15, 0.2) is 53.4 Å². The number of unbranched alkanes of at least 4 members (excludes halogenated alkanes) is 1. The fourth-order valence-electron chi connectivity index (χ4n) is 3.59. The van der Waals surface area contributed by atoms with Crippen molar-refractivity contribution in [1.82, 2.24) is 0 Å². The van der Waals surface area contributed by atoms with Crippen molar-refractivity contribution < 1.29 is 18.1 Å². The fourth-order valence-corrected chi connectivity index (χ4v) is 5.29. The number of sulfone groups is 1. The van der Waals surface area contributed by atoms with Gasteiger partial charge in [-0.25, -0.2) is 8.42 Å². The smallest absolute Gasteiger partial charge is 0.269 e. The van der Waals surface area contributed by atoms with Crippen molar-refractivity contribution in [3.05, 3.63) is 69.8 Å². The fraction of sp³-hybridized carbons (Fsp3) is 0.435. The first-order valence-electron chi connectivity index (χ1n) is 10.3. The Morgan fingerprint density at radius 1 is 1.07 bits per heavy atom. The van der Waals surface area contributed by atoms with E-state index >= 15 is 0 Å². The van der Waals surface area contributed by atoms with Gasteiger partial charge in [0.2, 0.25) is 0 Å². The Morgan fingerprint density at radius 2 is 1.77 bits per heavy atom. The Hall–Kier alpha value is -2.54. The van der Waals surface area contributed by atoms with Crippen molar-refractivity contribution in [2.24, 2.45) is 5.41 Å². The van der Waals surface area contributed by atoms with Crippen LogP contribution in [0.4, 0.5) is 5.69 Å². The van der Waals surface area contributed by atoms with Crippen LogP contribution in [-0.2, 0) is 21.1 Å². The Morgan fingerprint density at radius 3 is 2.33 bits per heavy atom. The minimum Gasteiger partial charge on any atom is -0.303 e. The second kappa shape index (κ2) is 10.5. The van der Waals surface area contributed by atoms with Crippen LogP contribution in [-0.4, -0.2) is 25.4 Å². The largest absolute Gasteiger partial charge is 0.303 e. The molecule has 0 aliphatic rings. The zero-order valence-corrected chi connectivity index (χ0v) is 18.4. The molecule has 30 heavy (non-hydrogen) atoms. The number of nitro benzene ring substituents is 1. The number of hydrogen-bond acceptors (Lipinski definition) is 5. The highest BCUT2D eigenvalue weighted by Crippen LogP contribution is 2.33. The summed E-state index contributed by atoms with van der Waals surface area (Å²) in [5.41, 5.74) is 0.479. The maximum absolute atomic E-state index is 13.2. The maximum atomic E-state index is 13.2. The summed E-state index contributed by atoms with van der Waals surface area (Å²) in [7, 11) is -3.71. The van der Waals surface area contributed by atoms with Crippen molar-refractivity contribution in [1.29, 1.82) is 0 Å². The van der Waals surface area contributed by atoms with Gasteiger partial charge in [-0.2, -0.15) is 0 Å². The summed E-state index contributed by atoms with van der Waals surface area (Å²) < 4.78 is 26.4. The van der Waals surface area contributed by atoms with Crippen LogP contribution in [0.1, 0.15) is 57.1 Å². The number of nitro groups is 1. The highest BCUT2D eigenvalue weighted by molar-refractivity contribution is 7.91. The number of carbonyl (C=O) groups excluding carboxylic acids is 1. The Balaban J connectivity index is 2.37. The average molecular weight is 432 g/mol. The molecule has 0 heterocycles. The molecule has 0 aliphatic heterocycles. The van der Waals surface area contributed by atoms with Gasteiger partial charge in [0.05, 0.1) is 15.6 Å². The average Bonchev–Trinajstić information content (AvgIpc) is 2.75. The van der Waals surface area contributed by atoms with E-state index in [2.05, 4.69) is 0 Å². The van der Waals surface area contributed by atoms with Crippen LogP contribution in [0.3, 0.4) is 0 Å². The van der Waals surface area contributed by atoms with Crippen LogP contribution >= 0.6 is 0 Å². The molecule has 6 nitrogen and oxygen atoms in total. The van der Waals surface area contributed by atoms with Crippen molar-refractivity contribution >= 4 is 21.8 Å². The summed E-state index contributed by atoms with van der Waals surface area (Å²) in [5, 5.41) is 11.2. The standard InChI is InChI=1S/C23H29NO5S/c1-3-5-13-23(4-2,18-25)14-15-30(28,29)22-12-11-21(24(26)27)17-20(22)16-19-9-7-6-8-10-19/h6-12,17-18H,3-5,13-16H2,1-2H3. The zero-order valence-electron chi connectivity index (χ0n) is 17.5. The van der Waals surface area contributed by atoms with Crippen LogP contribution in [0.25, 0.3) is 0 Å². The quantitative estimate of drug-likeness (QED) is 0.264. The van der Waals surface area contributed by atoms with Gasteiger partial charge in [-0.3, -0.25) is 10.1 Å². The first-order chi connectivity index (χ1) is 14.3. The monoisotopic (exact) mass is 431 g/mol. The van der Waals surface area contributed by atoms with Gasteiger partial charge in [0, 0.05) is 17.5 Å². The van der Waals surface area contributed by atoms with E-state index in [-0.39, 0.29) is 29.2 Å². The highest BCUT2D eigenvalue weighted by Gasteiger charge is 2.31. The predicted octanol–water partition coefficient (Wildman–Crippen LogP) is 5.13. The lowest BCUT2D eigenvalue weighted by molar-refractivity contribution is -0.385. The number of benzene rings is 2. The van der Waals surface area contributed by atoms with Gasteiger partial charge in [-0.1, -0.05) is 57.0 Å². The Bertz CT molecular complexity index is 972. The molecule has 0 radical (unpaired) electrons. The minimum atomic E-state index is -3.71. The summed E-state index contributed by atoms with van der Waals surface area (Å²) >= 11 is 0. The lowest BCUT2D eigenvalue weighted by Gasteiger charge is -2.26. The third kappa shape index (κ3) is 5.98. The molecule has 0 aromatic heterocycles. The number of aldehydes is 1. The number of non-ortho nitro benzene ring substituents is 1. The van der Waals surface area contributed by atoms with E-state index in [1.54, 1.807) is 0 Å². The van der Waals surface area contributed by atoms with Crippen LogP contribution in [0.2, 0.25) is 0 Å². The molecule has 2 aromatic rings. The van der Waals surface area contributed by atoms with E-state index in [1.165, 1.54) is 18.2 Å². The summed E-state index contributed by atoms with van der Waals surface area (Å²) in [4.78, 5) is 22.6. The van der Waals surface area contributed by atoms with E-state index in [0.717, 1.165) is 24.7 Å². The zero-order chi connectivity index (χ0) is 22.2. The van der Waals surface area contributed by atoms with Gasteiger partial charge in [0.25, 0.3) is 5.69 Å². The van der Waals surface area contributed by atoms with Gasteiger partial charge < -0.3 is 4.79 Å². The van der Waals surface area contributed by atoms with Crippen molar-refractivity contribution in [2.75, 3.05) is 5.75 Å². The lowest BCUT2D eigenvalue weighted by atomic mass is 9.79. The van der Waals surface area contributed by atoms with E-state index in [1.807, 2.05) is 44.2 Å². The molecule has 2 rings (SSSR count). The third-order valence-electron chi connectivity index (χ3n) is 5.68. The topological polar surface area (TPSA) is 94.3 Å². The Kier molecular flexibility index (Phi) is 8.29. The minimum absolute atomic E-state index is 0.100. The summed E-state index contributed by atoms with van der Waals surface area (Å²) in [6.45, 7) is 3.94. The summed E-state index contributed by atoms with van der Waals surface area (Å²) in [6.07, 6.45) is 4.48. The molecule has 0 amide bonds. The highest BCUT2D eigenvalue weighted by atomic mass is 32.2. The van der Waals surface area contributed by atoms with Crippen LogP contribution in [0.5, 0.6) is 0 Å². The van der Waals surface area contributed by atoms with E-state index in [0.29, 0.717) is 18.4 Å². The van der Waals surface area contributed by atoms with Gasteiger partial charge in [0.15, 0.2) is 9.84 Å². The molecule has 1 unspecified atom stereocenters. The molecule has 0 aliphatic carbocycles. The van der Waals surface area contributed by atoms with Gasteiger partial charge >= 0.3 is 0 Å². The molecule has 0 bridgehead atoms. The molecule has 0 saturated carbocycles. The molecule has 162 valence electrons.